The lowest BCUT2D eigenvalue weighted by Crippen LogP contribution is -2.50. The number of amides is 2. The molecule has 0 unspecified atom stereocenters. The summed E-state index contributed by atoms with van der Waals surface area (Å²) in [6.45, 7) is 2.06. The third-order valence-corrected chi connectivity index (χ3v) is 3.74. The van der Waals surface area contributed by atoms with Crippen LogP contribution < -0.4 is 5.73 Å². The molecule has 2 aromatic rings. The number of imidazole rings is 1. The molecule has 1 fully saturated rings. The average Bonchev–Trinajstić information content (AvgIpc) is 3.09. The summed E-state index contributed by atoms with van der Waals surface area (Å²) in [6, 6.07) is 6.87. The van der Waals surface area contributed by atoms with Gasteiger partial charge in [-0.3, -0.25) is 9.59 Å². The molecule has 1 aromatic carbocycles. The number of hydrogen-bond donors (Lipinski definition) is 2. The first-order chi connectivity index (χ1) is 10.6. The van der Waals surface area contributed by atoms with Crippen molar-refractivity contribution in [3.8, 4) is 0 Å². The van der Waals surface area contributed by atoms with E-state index in [4.69, 9.17) is 5.73 Å². The minimum absolute atomic E-state index is 0.0337. The number of nitrogen functional groups attached to an aromatic ring is 1. The van der Waals surface area contributed by atoms with Crippen molar-refractivity contribution >= 4 is 17.5 Å². The van der Waals surface area contributed by atoms with E-state index in [1.165, 1.54) is 12.5 Å². The molecule has 114 valence electrons. The SMILES string of the molecule is Nc1ccc(C(=O)N2CCN(C(=O)c3cnc[nH]3)CC2)cc1. The van der Waals surface area contributed by atoms with Crippen LogP contribution in [0.5, 0.6) is 0 Å². The van der Waals surface area contributed by atoms with Crippen LogP contribution in [0, 0.1) is 0 Å². The normalized spacial score (nSPS) is 14.9. The van der Waals surface area contributed by atoms with Crippen LogP contribution in [-0.2, 0) is 0 Å². The minimum Gasteiger partial charge on any atom is -0.399 e. The lowest BCUT2D eigenvalue weighted by molar-refractivity contribution is 0.0532. The Balaban J connectivity index is 1.60. The number of anilines is 1. The van der Waals surface area contributed by atoms with E-state index in [0.717, 1.165) is 0 Å². The highest BCUT2D eigenvalue weighted by atomic mass is 16.2. The summed E-state index contributed by atoms with van der Waals surface area (Å²) in [6.07, 6.45) is 2.99. The lowest BCUT2D eigenvalue weighted by Gasteiger charge is -2.34. The zero-order chi connectivity index (χ0) is 15.5. The van der Waals surface area contributed by atoms with Gasteiger partial charge in [0.05, 0.1) is 12.5 Å². The second-order valence-corrected chi connectivity index (χ2v) is 5.17. The van der Waals surface area contributed by atoms with Gasteiger partial charge in [-0.05, 0) is 24.3 Å². The zero-order valence-corrected chi connectivity index (χ0v) is 12.0. The monoisotopic (exact) mass is 299 g/mol. The number of nitrogens with zero attached hydrogens (tertiary/aromatic N) is 3. The molecular weight excluding hydrogens is 282 g/mol. The van der Waals surface area contributed by atoms with Gasteiger partial charge in [-0.1, -0.05) is 0 Å². The summed E-state index contributed by atoms with van der Waals surface area (Å²) in [5.74, 6) is -0.120. The smallest absolute Gasteiger partial charge is 0.272 e. The number of hydrogen-bond acceptors (Lipinski definition) is 4. The molecule has 0 saturated carbocycles. The number of carbonyl (C=O) groups excluding carboxylic acids is 2. The Kier molecular flexibility index (Phi) is 3.78. The molecule has 22 heavy (non-hydrogen) atoms. The number of aromatic amines is 1. The molecule has 7 nitrogen and oxygen atoms in total. The summed E-state index contributed by atoms with van der Waals surface area (Å²) in [5, 5.41) is 0. The molecule has 3 N–H and O–H groups in total. The van der Waals surface area contributed by atoms with E-state index in [9.17, 15) is 9.59 Å². The molecule has 7 heteroatoms. The molecule has 2 amide bonds. The van der Waals surface area contributed by atoms with Crippen molar-refractivity contribution in [2.75, 3.05) is 31.9 Å². The second-order valence-electron chi connectivity index (χ2n) is 5.17. The maximum Gasteiger partial charge on any atom is 0.272 e. The van der Waals surface area contributed by atoms with E-state index in [1.807, 2.05) is 0 Å². The molecule has 1 aromatic heterocycles. The summed E-state index contributed by atoms with van der Waals surface area (Å²) in [4.78, 5) is 34.7. The van der Waals surface area contributed by atoms with Crippen LogP contribution in [0.4, 0.5) is 5.69 Å². The van der Waals surface area contributed by atoms with Gasteiger partial charge in [-0.25, -0.2) is 4.98 Å². The Morgan fingerprint density at radius 3 is 2.14 bits per heavy atom. The van der Waals surface area contributed by atoms with Crippen molar-refractivity contribution in [3.63, 3.8) is 0 Å². The number of rotatable bonds is 2. The number of H-pyrrole nitrogens is 1. The van der Waals surface area contributed by atoms with Crippen LogP contribution in [0.2, 0.25) is 0 Å². The van der Waals surface area contributed by atoms with E-state index in [2.05, 4.69) is 9.97 Å². The summed E-state index contributed by atoms with van der Waals surface area (Å²) < 4.78 is 0. The Labute approximate surface area is 127 Å². The highest BCUT2D eigenvalue weighted by Gasteiger charge is 2.25. The fourth-order valence-corrected chi connectivity index (χ4v) is 2.46. The summed E-state index contributed by atoms with van der Waals surface area (Å²) >= 11 is 0. The first-order valence-corrected chi connectivity index (χ1v) is 7.07. The maximum atomic E-state index is 12.4. The highest BCUT2D eigenvalue weighted by molar-refractivity contribution is 5.95. The molecule has 0 spiro atoms. The fraction of sp³-hybridized carbons (Fsp3) is 0.267. The molecule has 1 saturated heterocycles. The lowest BCUT2D eigenvalue weighted by atomic mass is 10.1. The van der Waals surface area contributed by atoms with Gasteiger partial charge in [0, 0.05) is 37.4 Å². The number of carbonyl (C=O) groups is 2. The van der Waals surface area contributed by atoms with E-state index in [-0.39, 0.29) is 11.8 Å². The van der Waals surface area contributed by atoms with E-state index in [0.29, 0.717) is 43.1 Å². The van der Waals surface area contributed by atoms with E-state index < -0.39 is 0 Å². The molecule has 0 atom stereocenters. The predicted octanol–water partition coefficient (Wildman–Crippen LogP) is 0.590. The quantitative estimate of drug-likeness (QED) is 0.793. The fourth-order valence-electron chi connectivity index (χ4n) is 2.46. The Hall–Kier alpha value is -2.83. The van der Waals surface area contributed by atoms with Crippen LogP contribution >= 0.6 is 0 Å². The summed E-state index contributed by atoms with van der Waals surface area (Å²) in [7, 11) is 0. The van der Waals surface area contributed by atoms with Crippen molar-refractivity contribution in [1.29, 1.82) is 0 Å². The number of nitrogens with one attached hydrogen (secondary N) is 1. The molecule has 1 aliphatic rings. The van der Waals surface area contributed by atoms with Gasteiger partial charge in [-0.15, -0.1) is 0 Å². The van der Waals surface area contributed by atoms with E-state index >= 15 is 0 Å². The van der Waals surface area contributed by atoms with Crippen LogP contribution in [-0.4, -0.2) is 57.8 Å². The third-order valence-electron chi connectivity index (χ3n) is 3.74. The van der Waals surface area contributed by atoms with Crippen molar-refractivity contribution < 1.29 is 9.59 Å². The molecular formula is C15H17N5O2. The molecule has 2 heterocycles. The van der Waals surface area contributed by atoms with Gasteiger partial charge in [0.15, 0.2) is 0 Å². The van der Waals surface area contributed by atoms with Crippen molar-refractivity contribution in [3.05, 3.63) is 48.0 Å². The topological polar surface area (TPSA) is 95.3 Å². The van der Waals surface area contributed by atoms with Crippen molar-refractivity contribution in [1.82, 2.24) is 19.8 Å². The largest absolute Gasteiger partial charge is 0.399 e. The first-order valence-electron chi connectivity index (χ1n) is 7.07. The maximum absolute atomic E-state index is 12.4. The van der Waals surface area contributed by atoms with Crippen LogP contribution in [0.3, 0.4) is 0 Å². The predicted molar refractivity (Wildman–Crippen MR) is 81.2 cm³/mol. The van der Waals surface area contributed by atoms with Crippen LogP contribution in [0.25, 0.3) is 0 Å². The highest BCUT2D eigenvalue weighted by Crippen LogP contribution is 2.12. The number of benzene rings is 1. The number of piperazine rings is 1. The number of aromatic nitrogens is 2. The Morgan fingerprint density at radius 2 is 1.59 bits per heavy atom. The van der Waals surface area contributed by atoms with E-state index in [1.54, 1.807) is 34.1 Å². The van der Waals surface area contributed by atoms with Crippen LogP contribution in [0.15, 0.2) is 36.8 Å². The number of nitrogens with two attached hydrogens (primary N) is 1. The Bertz CT molecular complexity index is 658. The standard InChI is InChI=1S/C15H17N5O2/c16-12-3-1-11(2-4-12)14(21)19-5-7-20(8-6-19)15(22)13-9-17-10-18-13/h1-4,9-10H,5-8,16H2,(H,17,18). The van der Waals surface area contributed by atoms with Gasteiger partial charge in [0.2, 0.25) is 0 Å². The van der Waals surface area contributed by atoms with Crippen molar-refractivity contribution in [2.24, 2.45) is 0 Å². The van der Waals surface area contributed by atoms with Crippen molar-refractivity contribution in [2.45, 2.75) is 0 Å². The molecule has 0 aliphatic carbocycles. The van der Waals surface area contributed by atoms with Crippen LogP contribution in [0.1, 0.15) is 20.8 Å². The average molecular weight is 299 g/mol. The second kappa shape index (κ2) is 5.88. The minimum atomic E-state index is -0.0860. The molecule has 0 radical (unpaired) electrons. The summed E-state index contributed by atoms with van der Waals surface area (Å²) in [5.41, 5.74) is 7.34. The molecule has 0 bridgehead atoms. The third kappa shape index (κ3) is 2.78. The van der Waals surface area contributed by atoms with Gasteiger partial charge in [0.1, 0.15) is 5.69 Å². The van der Waals surface area contributed by atoms with Gasteiger partial charge >= 0.3 is 0 Å². The van der Waals surface area contributed by atoms with Gasteiger partial charge < -0.3 is 20.5 Å². The molecule has 3 rings (SSSR count). The Morgan fingerprint density at radius 1 is 1.00 bits per heavy atom. The zero-order valence-electron chi connectivity index (χ0n) is 12.0. The molecule has 1 aliphatic heterocycles. The first kappa shape index (κ1) is 14.1. The van der Waals surface area contributed by atoms with Gasteiger partial charge in [0.25, 0.3) is 11.8 Å². The van der Waals surface area contributed by atoms with Gasteiger partial charge in [-0.2, -0.15) is 0 Å².